The average Bonchev–Trinajstić information content (AvgIpc) is 3.03. The van der Waals surface area contributed by atoms with E-state index in [2.05, 4.69) is 20.4 Å². The Morgan fingerprint density at radius 3 is 2.45 bits per heavy atom. The fourth-order valence-corrected chi connectivity index (χ4v) is 3.79. The highest BCUT2D eigenvalue weighted by molar-refractivity contribution is 7.98. The van der Waals surface area contributed by atoms with Crippen LogP contribution in [0.2, 0.25) is 10.0 Å². The first kappa shape index (κ1) is 21.2. The van der Waals surface area contributed by atoms with Gasteiger partial charge in [-0.1, -0.05) is 23.2 Å². The van der Waals surface area contributed by atoms with Gasteiger partial charge in [-0.3, -0.25) is 9.97 Å². The van der Waals surface area contributed by atoms with Crippen LogP contribution in [0.25, 0.3) is 5.69 Å². The van der Waals surface area contributed by atoms with Gasteiger partial charge in [0, 0.05) is 12.4 Å². The average molecular weight is 459 g/mol. The number of nitrogens with one attached hydrogen (secondary N) is 1. The molecule has 0 aliphatic rings. The van der Waals surface area contributed by atoms with Gasteiger partial charge in [-0.15, -0.1) is 11.8 Å². The van der Waals surface area contributed by atoms with Gasteiger partial charge in [-0.25, -0.2) is 4.68 Å². The van der Waals surface area contributed by atoms with Crippen molar-refractivity contribution in [3.63, 3.8) is 0 Å². The van der Waals surface area contributed by atoms with Gasteiger partial charge in [-0.2, -0.15) is 23.5 Å². The summed E-state index contributed by atoms with van der Waals surface area (Å²) in [6.07, 6.45) is 1.73. The Balaban J connectivity index is 2.12. The van der Waals surface area contributed by atoms with Gasteiger partial charge in [0.1, 0.15) is 17.6 Å². The van der Waals surface area contributed by atoms with Crippen molar-refractivity contribution in [1.82, 2.24) is 19.7 Å². The molecule has 6 nitrogen and oxygen atoms in total. The summed E-state index contributed by atoms with van der Waals surface area (Å²) in [6.45, 7) is 0.230. The van der Waals surface area contributed by atoms with Gasteiger partial charge in [0.05, 0.1) is 38.9 Å². The zero-order chi connectivity index (χ0) is 21.2. The van der Waals surface area contributed by atoms with Gasteiger partial charge in [0.15, 0.2) is 5.69 Å². The minimum atomic E-state index is -4.61. The first-order valence-electron chi connectivity index (χ1n) is 7.88. The largest absolute Gasteiger partial charge is 0.416 e. The minimum absolute atomic E-state index is 0.0276. The van der Waals surface area contributed by atoms with E-state index in [1.807, 2.05) is 6.07 Å². The lowest BCUT2D eigenvalue weighted by Crippen LogP contribution is -2.11. The van der Waals surface area contributed by atoms with Crippen LogP contribution < -0.4 is 5.32 Å². The highest BCUT2D eigenvalue weighted by Gasteiger charge is 2.33. The summed E-state index contributed by atoms with van der Waals surface area (Å²) in [6, 6.07) is 3.49. The van der Waals surface area contributed by atoms with Crippen LogP contribution in [0.3, 0.4) is 0 Å². The topological polar surface area (TPSA) is 79.4 Å². The van der Waals surface area contributed by atoms with Crippen molar-refractivity contribution in [2.45, 2.75) is 17.6 Å². The lowest BCUT2D eigenvalue weighted by molar-refractivity contribution is -0.137. The predicted molar refractivity (Wildman–Crippen MR) is 104 cm³/mol. The van der Waals surface area contributed by atoms with Gasteiger partial charge < -0.3 is 5.32 Å². The second-order valence-electron chi connectivity index (χ2n) is 5.59. The van der Waals surface area contributed by atoms with Crippen LogP contribution in [0.1, 0.15) is 17.0 Å². The number of hydrogen-bond acceptors (Lipinski definition) is 6. The maximum absolute atomic E-state index is 13.0. The summed E-state index contributed by atoms with van der Waals surface area (Å²) in [7, 11) is 0. The fourth-order valence-electron chi connectivity index (χ4n) is 2.51. The van der Waals surface area contributed by atoms with E-state index in [4.69, 9.17) is 23.2 Å². The van der Waals surface area contributed by atoms with Crippen molar-refractivity contribution in [2.24, 2.45) is 0 Å². The van der Waals surface area contributed by atoms with E-state index in [9.17, 15) is 18.4 Å². The third-order valence-electron chi connectivity index (χ3n) is 3.76. The predicted octanol–water partition coefficient (Wildman–Crippen LogP) is 5.19. The number of anilines is 1. The van der Waals surface area contributed by atoms with E-state index < -0.39 is 11.7 Å². The Morgan fingerprint density at radius 1 is 1.24 bits per heavy atom. The Kier molecular flexibility index (Phi) is 6.21. The molecule has 0 aliphatic carbocycles. The summed E-state index contributed by atoms with van der Waals surface area (Å²) in [5.41, 5.74) is -0.274. The van der Waals surface area contributed by atoms with E-state index in [-0.39, 0.29) is 28.0 Å². The van der Waals surface area contributed by atoms with Crippen LogP contribution in [0.15, 0.2) is 35.6 Å². The van der Waals surface area contributed by atoms with Crippen molar-refractivity contribution >= 4 is 40.8 Å². The highest BCUT2D eigenvalue weighted by atomic mass is 35.5. The highest BCUT2D eigenvalue weighted by Crippen LogP contribution is 2.40. The number of rotatable bonds is 5. The lowest BCUT2D eigenvalue weighted by Gasteiger charge is -2.15. The summed E-state index contributed by atoms with van der Waals surface area (Å²) in [4.78, 5) is 8.61. The molecule has 1 N–H and O–H groups in total. The zero-order valence-corrected chi connectivity index (χ0v) is 17.0. The second-order valence-corrected chi connectivity index (χ2v) is 7.22. The third kappa shape index (κ3) is 4.42. The molecule has 0 radical (unpaired) electrons. The third-order valence-corrected chi connectivity index (χ3v) is 5.13. The Hall–Kier alpha value is -2.48. The Labute approximate surface area is 177 Å². The number of thioether (sulfide) groups is 1. The fraction of sp³-hybridized carbons (Fsp3) is 0.176. The molecule has 0 bridgehead atoms. The van der Waals surface area contributed by atoms with E-state index in [0.717, 1.165) is 12.1 Å². The molecule has 0 spiro atoms. The molecule has 0 saturated carbocycles. The molecule has 0 fully saturated rings. The normalized spacial score (nSPS) is 11.3. The molecule has 1 aromatic carbocycles. The van der Waals surface area contributed by atoms with Crippen molar-refractivity contribution < 1.29 is 13.2 Å². The van der Waals surface area contributed by atoms with Crippen molar-refractivity contribution in [1.29, 1.82) is 5.26 Å². The number of nitriles is 1. The molecule has 0 saturated heterocycles. The second kappa shape index (κ2) is 8.49. The molecule has 2 aromatic heterocycles. The minimum Gasteiger partial charge on any atom is -0.363 e. The Morgan fingerprint density at radius 2 is 1.93 bits per heavy atom. The first-order valence-corrected chi connectivity index (χ1v) is 9.86. The molecule has 0 amide bonds. The molecule has 12 heteroatoms. The van der Waals surface area contributed by atoms with Crippen LogP contribution in [-0.2, 0) is 12.7 Å². The van der Waals surface area contributed by atoms with Crippen LogP contribution in [0.5, 0.6) is 0 Å². The maximum atomic E-state index is 13.0. The SMILES string of the molecule is CSc1c(C#N)nn(-c2c(Cl)cc(C(F)(F)F)cc2Cl)c1NCc1cnccn1. The van der Waals surface area contributed by atoms with Crippen molar-refractivity contribution in [3.05, 3.63) is 57.7 Å². The van der Waals surface area contributed by atoms with Crippen molar-refractivity contribution in [3.8, 4) is 11.8 Å². The molecule has 0 unspecified atom stereocenters. The number of nitrogens with zero attached hydrogens (tertiary/aromatic N) is 5. The molecule has 3 aromatic rings. The van der Waals surface area contributed by atoms with Gasteiger partial charge in [-0.05, 0) is 18.4 Å². The smallest absolute Gasteiger partial charge is 0.363 e. The molecule has 0 atom stereocenters. The van der Waals surface area contributed by atoms with E-state index in [1.165, 1.54) is 28.8 Å². The van der Waals surface area contributed by atoms with E-state index >= 15 is 0 Å². The zero-order valence-electron chi connectivity index (χ0n) is 14.6. The van der Waals surface area contributed by atoms with Crippen LogP contribution >= 0.6 is 35.0 Å². The van der Waals surface area contributed by atoms with Crippen molar-refractivity contribution in [2.75, 3.05) is 11.6 Å². The van der Waals surface area contributed by atoms with E-state index in [0.29, 0.717) is 16.4 Å². The van der Waals surface area contributed by atoms with Gasteiger partial charge in [0.2, 0.25) is 0 Å². The quantitative estimate of drug-likeness (QED) is 0.529. The Bertz CT molecular complexity index is 1060. The monoisotopic (exact) mass is 458 g/mol. The van der Waals surface area contributed by atoms with E-state index in [1.54, 1.807) is 12.5 Å². The molecule has 3 rings (SSSR count). The summed E-state index contributed by atoms with van der Waals surface area (Å²) >= 11 is 13.5. The molecule has 150 valence electrons. The molecular weight excluding hydrogens is 448 g/mol. The lowest BCUT2D eigenvalue weighted by atomic mass is 10.2. The summed E-state index contributed by atoms with van der Waals surface area (Å²) < 4.78 is 40.3. The van der Waals surface area contributed by atoms with Crippen LogP contribution in [-0.4, -0.2) is 26.0 Å². The van der Waals surface area contributed by atoms with Gasteiger partial charge in [0.25, 0.3) is 0 Å². The maximum Gasteiger partial charge on any atom is 0.416 e. The molecule has 29 heavy (non-hydrogen) atoms. The molecular formula is C17H11Cl2F3N6S. The summed E-state index contributed by atoms with van der Waals surface area (Å²) in [5.74, 6) is 0.350. The first-order chi connectivity index (χ1) is 13.8. The number of benzene rings is 1. The number of hydrogen-bond donors (Lipinski definition) is 1. The van der Waals surface area contributed by atoms with Crippen LogP contribution in [0.4, 0.5) is 19.0 Å². The molecule has 2 heterocycles. The summed E-state index contributed by atoms with van der Waals surface area (Å²) in [5, 5.41) is 16.2. The van der Waals surface area contributed by atoms with Crippen LogP contribution in [0, 0.1) is 11.3 Å². The number of alkyl halides is 3. The molecule has 0 aliphatic heterocycles. The number of aromatic nitrogens is 4. The standard InChI is InChI=1S/C17H11Cl2F3N6S/c1-29-15-13(6-23)27-28(16(15)26-8-10-7-24-2-3-25-10)14-11(18)4-9(5-12(14)19)17(20,21)22/h2-5,7,26H,8H2,1H3. The van der Waals surface area contributed by atoms with Gasteiger partial charge >= 0.3 is 6.18 Å². The number of halogens is 5.